The van der Waals surface area contributed by atoms with E-state index in [0.717, 1.165) is 30.8 Å². The van der Waals surface area contributed by atoms with E-state index in [1.807, 2.05) is 48.3 Å². The first-order valence-electron chi connectivity index (χ1n) is 8.74. The number of hydrogen-bond donors (Lipinski definition) is 1. The number of carbonyl (C=O) groups excluding carboxylic acids is 1. The molecule has 5 nitrogen and oxygen atoms in total. The van der Waals surface area contributed by atoms with Gasteiger partial charge in [-0.05, 0) is 24.1 Å². The summed E-state index contributed by atoms with van der Waals surface area (Å²) in [5.74, 6) is 0.0484. The van der Waals surface area contributed by atoms with E-state index in [1.54, 1.807) is 6.20 Å². The van der Waals surface area contributed by atoms with Gasteiger partial charge in [0.15, 0.2) is 0 Å². The number of likely N-dealkylation sites (N-methyl/N-ethyl adjacent to an activating group) is 1. The Morgan fingerprint density at radius 1 is 1.28 bits per heavy atom. The lowest BCUT2D eigenvalue weighted by Gasteiger charge is -2.32. The van der Waals surface area contributed by atoms with Crippen molar-refractivity contribution in [3.8, 4) is 0 Å². The lowest BCUT2D eigenvalue weighted by atomic mass is 10.0. The number of aromatic nitrogens is 1. The predicted octanol–water partition coefficient (Wildman–Crippen LogP) is 1.89. The molecule has 1 aliphatic heterocycles. The monoisotopic (exact) mass is 339 g/mol. The molecule has 132 valence electrons. The highest BCUT2D eigenvalue weighted by atomic mass is 16.3. The minimum Gasteiger partial charge on any atom is -0.392 e. The maximum Gasteiger partial charge on any atom is 0.228 e. The molecule has 1 fully saturated rings. The zero-order valence-electron chi connectivity index (χ0n) is 14.6. The number of pyridine rings is 1. The van der Waals surface area contributed by atoms with Crippen molar-refractivity contribution in [2.24, 2.45) is 0 Å². The summed E-state index contributed by atoms with van der Waals surface area (Å²) in [4.78, 5) is 21.1. The van der Waals surface area contributed by atoms with Crippen LogP contribution in [-0.4, -0.2) is 58.6 Å². The molecule has 25 heavy (non-hydrogen) atoms. The third kappa shape index (κ3) is 4.65. The van der Waals surface area contributed by atoms with Crippen LogP contribution in [0.4, 0.5) is 0 Å². The normalized spacial score (nSPS) is 18.9. The lowest BCUT2D eigenvalue weighted by molar-refractivity contribution is -0.131. The van der Waals surface area contributed by atoms with Gasteiger partial charge in [-0.1, -0.05) is 36.4 Å². The van der Waals surface area contributed by atoms with Gasteiger partial charge in [-0.2, -0.15) is 0 Å². The maximum atomic E-state index is 12.8. The van der Waals surface area contributed by atoms with Crippen LogP contribution in [0.2, 0.25) is 0 Å². The molecule has 3 rings (SSSR count). The Kier molecular flexibility index (Phi) is 5.79. The van der Waals surface area contributed by atoms with Gasteiger partial charge < -0.3 is 10.0 Å². The van der Waals surface area contributed by atoms with Crippen molar-refractivity contribution in [2.75, 3.05) is 26.7 Å². The molecule has 2 heterocycles. The van der Waals surface area contributed by atoms with Gasteiger partial charge in [0.25, 0.3) is 0 Å². The molecule has 0 spiro atoms. The van der Waals surface area contributed by atoms with E-state index in [1.165, 1.54) is 0 Å². The third-order valence-electron chi connectivity index (χ3n) is 4.78. The van der Waals surface area contributed by atoms with Crippen molar-refractivity contribution in [3.63, 3.8) is 0 Å². The third-order valence-corrected chi connectivity index (χ3v) is 4.78. The first-order chi connectivity index (χ1) is 12.1. The van der Waals surface area contributed by atoms with Gasteiger partial charge in [-0.25, -0.2) is 0 Å². The molecule has 2 aromatic rings. The van der Waals surface area contributed by atoms with Gasteiger partial charge in [-0.3, -0.25) is 14.7 Å². The molecule has 0 saturated carbocycles. The Labute approximate surface area is 148 Å². The van der Waals surface area contributed by atoms with Crippen molar-refractivity contribution < 1.29 is 9.90 Å². The Hall–Kier alpha value is -2.24. The van der Waals surface area contributed by atoms with Crippen LogP contribution in [0.3, 0.4) is 0 Å². The standard InChI is InChI=1S/C20H25N3O2/c1-22(20(25)13-17-9-5-6-11-21-17)19(16-7-3-2-4-8-16)15-23-12-10-18(24)14-23/h2-9,11,18-19,24H,10,12-15H2,1H3/t18?,19-/m1/s1. The molecule has 0 bridgehead atoms. The number of aliphatic hydroxyl groups is 1. The molecule has 2 atom stereocenters. The van der Waals surface area contributed by atoms with Crippen molar-refractivity contribution in [1.82, 2.24) is 14.8 Å². The number of rotatable bonds is 6. The molecular weight excluding hydrogens is 314 g/mol. The van der Waals surface area contributed by atoms with Crippen molar-refractivity contribution >= 4 is 5.91 Å². The second-order valence-electron chi connectivity index (χ2n) is 6.63. The summed E-state index contributed by atoms with van der Waals surface area (Å²) in [6.45, 7) is 2.27. The van der Waals surface area contributed by atoms with Crippen molar-refractivity contribution in [2.45, 2.75) is 25.0 Å². The summed E-state index contributed by atoms with van der Waals surface area (Å²) in [7, 11) is 1.86. The van der Waals surface area contributed by atoms with Crippen LogP contribution in [0.1, 0.15) is 23.7 Å². The van der Waals surface area contributed by atoms with Crippen LogP contribution >= 0.6 is 0 Å². The first-order valence-corrected chi connectivity index (χ1v) is 8.74. The van der Waals surface area contributed by atoms with Gasteiger partial charge in [0, 0.05) is 38.6 Å². The molecule has 1 aromatic carbocycles. The minimum atomic E-state index is -0.258. The summed E-state index contributed by atoms with van der Waals surface area (Å²) < 4.78 is 0. The second-order valence-corrected chi connectivity index (χ2v) is 6.63. The number of likely N-dealkylation sites (tertiary alicyclic amines) is 1. The highest BCUT2D eigenvalue weighted by molar-refractivity contribution is 5.78. The number of benzene rings is 1. The molecule has 1 aliphatic rings. The van der Waals surface area contributed by atoms with Gasteiger partial charge in [-0.15, -0.1) is 0 Å². The fourth-order valence-electron chi connectivity index (χ4n) is 3.31. The SMILES string of the molecule is CN(C(=O)Cc1ccccn1)[C@H](CN1CCC(O)C1)c1ccccc1. The van der Waals surface area contributed by atoms with E-state index in [-0.39, 0.29) is 18.1 Å². The minimum absolute atomic E-state index is 0.0392. The van der Waals surface area contributed by atoms with Gasteiger partial charge >= 0.3 is 0 Å². The van der Waals surface area contributed by atoms with E-state index in [4.69, 9.17) is 0 Å². The molecule has 1 unspecified atom stereocenters. The summed E-state index contributed by atoms with van der Waals surface area (Å²) in [6.07, 6.45) is 2.55. The van der Waals surface area contributed by atoms with E-state index in [9.17, 15) is 9.90 Å². The zero-order chi connectivity index (χ0) is 17.6. The molecule has 1 saturated heterocycles. The number of aliphatic hydroxyl groups excluding tert-OH is 1. The molecule has 1 aromatic heterocycles. The lowest BCUT2D eigenvalue weighted by Crippen LogP contribution is -2.39. The summed E-state index contributed by atoms with van der Waals surface area (Å²) in [5.41, 5.74) is 1.89. The van der Waals surface area contributed by atoms with Crippen LogP contribution in [-0.2, 0) is 11.2 Å². The quantitative estimate of drug-likeness (QED) is 0.873. The van der Waals surface area contributed by atoms with E-state index in [2.05, 4.69) is 22.0 Å². The van der Waals surface area contributed by atoms with E-state index < -0.39 is 0 Å². The summed E-state index contributed by atoms with van der Waals surface area (Å²) in [5, 5.41) is 9.80. The first kappa shape index (κ1) is 17.6. The topological polar surface area (TPSA) is 56.7 Å². The molecule has 1 N–H and O–H groups in total. The van der Waals surface area contributed by atoms with Gasteiger partial charge in [0.1, 0.15) is 0 Å². The van der Waals surface area contributed by atoms with Crippen molar-refractivity contribution in [3.05, 3.63) is 66.0 Å². The number of β-amino-alcohol motifs (C(OH)–C–C–N with tert-alkyl or cyclic N) is 1. The molecule has 0 aliphatic carbocycles. The Morgan fingerprint density at radius 3 is 2.68 bits per heavy atom. The van der Waals surface area contributed by atoms with Crippen LogP contribution in [0.25, 0.3) is 0 Å². The van der Waals surface area contributed by atoms with Gasteiger partial charge in [0.2, 0.25) is 5.91 Å². The van der Waals surface area contributed by atoms with E-state index >= 15 is 0 Å². The highest BCUT2D eigenvalue weighted by Crippen LogP contribution is 2.23. The number of carbonyl (C=O) groups is 1. The molecule has 1 amide bonds. The Morgan fingerprint density at radius 2 is 2.04 bits per heavy atom. The number of nitrogens with zero attached hydrogens (tertiary/aromatic N) is 3. The number of hydrogen-bond acceptors (Lipinski definition) is 4. The summed E-state index contributed by atoms with van der Waals surface area (Å²) in [6, 6.07) is 15.7. The molecular formula is C20H25N3O2. The highest BCUT2D eigenvalue weighted by Gasteiger charge is 2.28. The Bertz CT molecular complexity index is 678. The smallest absolute Gasteiger partial charge is 0.228 e. The average molecular weight is 339 g/mol. The maximum absolute atomic E-state index is 12.8. The fourth-order valence-corrected chi connectivity index (χ4v) is 3.31. The second kappa shape index (κ2) is 8.23. The fraction of sp³-hybridized carbons (Fsp3) is 0.400. The summed E-state index contributed by atoms with van der Waals surface area (Å²) >= 11 is 0. The van der Waals surface area contributed by atoms with Crippen LogP contribution < -0.4 is 0 Å². The van der Waals surface area contributed by atoms with Crippen LogP contribution in [0, 0.1) is 0 Å². The average Bonchev–Trinajstić information content (AvgIpc) is 3.05. The van der Waals surface area contributed by atoms with Crippen LogP contribution in [0.15, 0.2) is 54.7 Å². The zero-order valence-corrected chi connectivity index (χ0v) is 14.6. The predicted molar refractivity (Wildman–Crippen MR) is 97.0 cm³/mol. The largest absolute Gasteiger partial charge is 0.392 e. The number of amides is 1. The molecule has 5 heteroatoms. The van der Waals surface area contributed by atoms with Crippen molar-refractivity contribution in [1.29, 1.82) is 0 Å². The van der Waals surface area contributed by atoms with E-state index in [0.29, 0.717) is 13.0 Å². The van der Waals surface area contributed by atoms with Gasteiger partial charge in [0.05, 0.1) is 18.6 Å². The van der Waals surface area contributed by atoms with Crippen LogP contribution in [0.5, 0.6) is 0 Å². The molecule has 0 radical (unpaired) electrons. The Balaban J connectivity index is 1.74.